The summed E-state index contributed by atoms with van der Waals surface area (Å²) in [6.07, 6.45) is 3.89. The number of ether oxygens (including phenoxy) is 2. The quantitative estimate of drug-likeness (QED) is 0.410. The van der Waals surface area contributed by atoms with Gasteiger partial charge in [-0.3, -0.25) is 9.78 Å². The molecule has 1 aromatic heterocycles. The predicted molar refractivity (Wildman–Crippen MR) is 120 cm³/mol. The van der Waals surface area contributed by atoms with Crippen LogP contribution in [0.1, 0.15) is 22.3 Å². The van der Waals surface area contributed by atoms with Crippen molar-refractivity contribution in [1.29, 1.82) is 0 Å². The van der Waals surface area contributed by atoms with Crippen LogP contribution in [-0.4, -0.2) is 17.4 Å². The number of aromatic nitrogens is 1. The summed E-state index contributed by atoms with van der Waals surface area (Å²) in [5.74, 6) is 1.40. The molecule has 1 aliphatic rings. The maximum atomic E-state index is 12.5. The van der Waals surface area contributed by atoms with Gasteiger partial charge < -0.3 is 9.47 Å². The SMILES string of the molecule is O=C1CCOc2c1ccc(OCc1ccncc1)c2-c1ccc(-c2ccccc2)cc1. The van der Waals surface area contributed by atoms with E-state index in [-0.39, 0.29) is 5.78 Å². The normalized spacial score (nSPS) is 12.7. The molecule has 1 aliphatic heterocycles. The van der Waals surface area contributed by atoms with E-state index in [1.54, 1.807) is 18.5 Å². The van der Waals surface area contributed by atoms with Crippen molar-refractivity contribution >= 4 is 5.78 Å². The number of ketones is 1. The molecule has 0 bridgehead atoms. The van der Waals surface area contributed by atoms with Crippen LogP contribution < -0.4 is 9.47 Å². The van der Waals surface area contributed by atoms with Gasteiger partial charge in [0.2, 0.25) is 0 Å². The molecular formula is C27H21NO3. The summed E-state index contributed by atoms with van der Waals surface area (Å²) in [7, 11) is 0. The molecule has 0 radical (unpaired) electrons. The number of carbonyl (C=O) groups excluding carboxylic acids is 1. The van der Waals surface area contributed by atoms with Crippen LogP contribution >= 0.6 is 0 Å². The van der Waals surface area contributed by atoms with Crippen LogP contribution in [0.25, 0.3) is 22.3 Å². The first-order chi connectivity index (χ1) is 15.3. The highest BCUT2D eigenvalue weighted by Gasteiger charge is 2.25. The molecule has 0 unspecified atom stereocenters. The van der Waals surface area contributed by atoms with Gasteiger partial charge in [0, 0.05) is 18.8 Å². The average Bonchev–Trinajstić information content (AvgIpc) is 2.84. The van der Waals surface area contributed by atoms with Gasteiger partial charge in [-0.05, 0) is 46.5 Å². The summed E-state index contributed by atoms with van der Waals surface area (Å²) in [5, 5.41) is 0. The molecule has 4 heteroatoms. The molecule has 0 fully saturated rings. The minimum absolute atomic E-state index is 0.101. The summed E-state index contributed by atoms with van der Waals surface area (Å²) in [6, 6.07) is 26.0. The molecule has 0 atom stereocenters. The van der Waals surface area contributed by atoms with Crippen LogP contribution in [0.5, 0.6) is 11.5 Å². The Kier molecular flexibility index (Phi) is 5.19. The van der Waals surface area contributed by atoms with Gasteiger partial charge in [-0.2, -0.15) is 0 Å². The van der Waals surface area contributed by atoms with Gasteiger partial charge in [0.25, 0.3) is 0 Å². The Balaban J connectivity index is 1.55. The van der Waals surface area contributed by atoms with E-state index in [0.29, 0.717) is 36.7 Å². The smallest absolute Gasteiger partial charge is 0.170 e. The van der Waals surface area contributed by atoms with E-state index in [1.165, 1.54) is 0 Å². The summed E-state index contributed by atoms with van der Waals surface area (Å²) in [6.45, 7) is 0.791. The van der Waals surface area contributed by atoms with Crippen molar-refractivity contribution in [3.8, 4) is 33.8 Å². The Morgan fingerprint density at radius 1 is 0.806 bits per heavy atom. The Morgan fingerprint density at radius 3 is 2.29 bits per heavy atom. The van der Waals surface area contributed by atoms with Gasteiger partial charge in [0.05, 0.1) is 17.7 Å². The molecule has 0 saturated heterocycles. The fourth-order valence-electron chi connectivity index (χ4n) is 3.81. The number of carbonyl (C=O) groups is 1. The zero-order chi connectivity index (χ0) is 21.0. The molecule has 0 aliphatic carbocycles. The highest BCUT2D eigenvalue weighted by Crippen LogP contribution is 2.43. The van der Waals surface area contributed by atoms with Crippen LogP contribution in [0.4, 0.5) is 0 Å². The molecule has 5 rings (SSSR count). The largest absolute Gasteiger partial charge is 0.492 e. The van der Waals surface area contributed by atoms with E-state index in [4.69, 9.17) is 9.47 Å². The topological polar surface area (TPSA) is 48.4 Å². The van der Waals surface area contributed by atoms with Crippen LogP contribution in [0.3, 0.4) is 0 Å². The van der Waals surface area contributed by atoms with Crippen LogP contribution in [0.2, 0.25) is 0 Å². The zero-order valence-corrected chi connectivity index (χ0v) is 17.0. The Bertz CT molecular complexity index is 1200. The third-order valence-electron chi connectivity index (χ3n) is 5.42. The average molecular weight is 407 g/mol. The third kappa shape index (κ3) is 3.92. The first-order valence-electron chi connectivity index (χ1n) is 10.3. The van der Waals surface area contributed by atoms with E-state index in [9.17, 15) is 4.79 Å². The molecule has 0 spiro atoms. The molecule has 0 N–H and O–H groups in total. The molecule has 4 nitrogen and oxygen atoms in total. The molecule has 2 heterocycles. The van der Waals surface area contributed by atoms with Gasteiger partial charge >= 0.3 is 0 Å². The van der Waals surface area contributed by atoms with Crippen molar-refractivity contribution in [2.75, 3.05) is 6.61 Å². The number of fused-ring (bicyclic) bond motifs is 1. The molecule has 31 heavy (non-hydrogen) atoms. The van der Waals surface area contributed by atoms with E-state index in [0.717, 1.165) is 27.8 Å². The van der Waals surface area contributed by atoms with Crippen molar-refractivity contribution < 1.29 is 14.3 Å². The van der Waals surface area contributed by atoms with Crippen molar-refractivity contribution in [3.63, 3.8) is 0 Å². The minimum atomic E-state index is 0.101. The van der Waals surface area contributed by atoms with Crippen molar-refractivity contribution in [2.24, 2.45) is 0 Å². The van der Waals surface area contributed by atoms with E-state index < -0.39 is 0 Å². The molecule has 152 valence electrons. The minimum Gasteiger partial charge on any atom is -0.492 e. The zero-order valence-electron chi connectivity index (χ0n) is 17.0. The maximum absolute atomic E-state index is 12.5. The summed E-state index contributed by atoms with van der Waals surface area (Å²) in [5.41, 5.74) is 5.70. The number of Topliss-reactive ketones (excluding diaryl/α,β-unsaturated/α-hetero) is 1. The molecule has 0 saturated carbocycles. The lowest BCUT2D eigenvalue weighted by atomic mass is 9.94. The first kappa shape index (κ1) is 19.1. The van der Waals surface area contributed by atoms with Gasteiger partial charge in [-0.15, -0.1) is 0 Å². The van der Waals surface area contributed by atoms with Crippen LogP contribution in [-0.2, 0) is 6.61 Å². The maximum Gasteiger partial charge on any atom is 0.170 e. The van der Waals surface area contributed by atoms with Gasteiger partial charge in [-0.25, -0.2) is 0 Å². The molecule has 4 aromatic rings. The number of pyridine rings is 1. The third-order valence-corrected chi connectivity index (χ3v) is 5.42. The fourth-order valence-corrected chi connectivity index (χ4v) is 3.81. The first-order valence-corrected chi connectivity index (χ1v) is 10.3. The summed E-state index contributed by atoms with van der Waals surface area (Å²) < 4.78 is 12.2. The predicted octanol–water partition coefficient (Wildman–Crippen LogP) is 5.96. The van der Waals surface area contributed by atoms with E-state index in [1.807, 2.05) is 36.4 Å². The highest BCUT2D eigenvalue weighted by atomic mass is 16.5. The van der Waals surface area contributed by atoms with E-state index in [2.05, 4.69) is 41.4 Å². The second-order valence-corrected chi connectivity index (χ2v) is 7.42. The Hall–Kier alpha value is -3.92. The van der Waals surface area contributed by atoms with E-state index >= 15 is 0 Å². The van der Waals surface area contributed by atoms with Gasteiger partial charge in [0.1, 0.15) is 18.1 Å². The fraction of sp³-hybridized carbons (Fsp3) is 0.111. The van der Waals surface area contributed by atoms with Crippen LogP contribution in [0, 0.1) is 0 Å². The highest BCUT2D eigenvalue weighted by molar-refractivity contribution is 6.02. The van der Waals surface area contributed by atoms with Gasteiger partial charge in [0.15, 0.2) is 5.78 Å². The Labute approximate surface area is 181 Å². The van der Waals surface area contributed by atoms with Crippen molar-refractivity contribution in [3.05, 3.63) is 102 Å². The second kappa shape index (κ2) is 8.44. The summed E-state index contributed by atoms with van der Waals surface area (Å²) in [4.78, 5) is 16.5. The Morgan fingerprint density at radius 2 is 1.52 bits per heavy atom. The molecule has 3 aromatic carbocycles. The lowest BCUT2D eigenvalue weighted by Crippen LogP contribution is -2.16. The number of hydrogen-bond donors (Lipinski definition) is 0. The molecule has 0 amide bonds. The number of hydrogen-bond acceptors (Lipinski definition) is 4. The number of nitrogens with zero attached hydrogens (tertiary/aromatic N) is 1. The lowest BCUT2D eigenvalue weighted by molar-refractivity contribution is 0.0933. The van der Waals surface area contributed by atoms with Gasteiger partial charge in [-0.1, -0.05) is 54.6 Å². The number of rotatable bonds is 5. The second-order valence-electron chi connectivity index (χ2n) is 7.42. The lowest BCUT2D eigenvalue weighted by Gasteiger charge is -2.22. The number of benzene rings is 3. The summed E-state index contributed by atoms with van der Waals surface area (Å²) >= 11 is 0. The standard InChI is InChI=1S/C27H21NO3/c29-24-14-17-30-27-23(24)10-11-25(31-18-19-12-15-28-16-13-19)26(27)22-8-6-21(7-9-22)20-4-2-1-3-5-20/h1-13,15-16H,14,17-18H2. The molecular weight excluding hydrogens is 386 g/mol. The monoisotopic (exact) mass is 407 g/mol. The van der Waals surface area contributed by atoms with Crippen molar-refractivity contribution in [2.45, 2.75) is 13.0 Å². The van der Waals surface area contributed by atoms with Crippen molar-refractivity contribution in [1.82, 2.24) is 4.98 Å². The van der Waals surface area contributed by atoms with Crippen LogP contribution in [0.15, 0.2) is 91.3 Å².